The van der Waals surface area contributed by atoms with Crippen LogP contribution in [0.25, 0.3) is 22.0 Å². The molecular formula is C20H15FN2S. The third-order valence-corrected chi connectivity index (χ3v) is 5.01. The molecule has 0 spiro atoms. The first-order valence-corrected chi connectivity index (χ1v) is 8.55. The molecule has 24 heavy (non-hydrogen) atoms. The molecule has 0 saturated heterocycles. The summed E-state index contributed by atoms with van der Waals surface area (Å²) in [6, 6.07) is 20.4. The second-order valence-corrected chi connectivity index (χ2v) is 6.52. The Morgan fingerprint density at radius 1 is 0.917 bits per heavy atom. The summed E-state index contributed by atoms with van der Waals surface area (Å²) in [7, 11) is 0. The van der Waals surface area contributed by atoms with E-state index in [0.717, 1.165) is 21.8 Å². The van der Waals surface area contributed by atoms with Crippen LogP contribution in [0, 0.1) is 5.82 Å². The minimum Gasteiger partial charge on any atom is -0.318 e. The van der Waals surface area contributed by atoms with E-state index < -0.39 is 0 Å². The van der Waals surface area contributed by atoms with Crippen molar-refractivity contribution in [2.75, 3.05) is 0 Å². The molecule has 4 rings (SSSR count). The summed E-state index contributed by atoms with van der Waals surface area (Å²) in [5.41, 5.74) is 9.17. The van der Waals surface area contributed by atoms with Gasteiger partial charge in [0.25, 0.3) is 0 Å². The van der Waals surface area contributed by atoms with Gasteiger partial charge in [0.15, 0.2) is 0 Å². The van der Waals surface area contributed by atoms with E-state index >= 15 is 0 Å². The van der Waals surface area contributed by atoms with Crippen molar-refractivity contribution in [3.05, 3.63) is 88.5 Å². The number of halogens is 1. The zero-order valence-electron chi connectivity index (χ0n) is 12.8. The summed E-state index contributed by atoms with van der Waals surface area (Å²) >= 11 is 1.53. The maximum absolute atomic E-state index is 13.1. The van der Waals surface area contributed by atoms with Crippen molar-refractivity contribution < 1.29 is 4.39 Å². The first-order chi connectivity index (χ1) is 11.7. The van der Waals surface area contributed by atoms with Gasteiger partial charge in [-0.1, -0.05) is 54.6 Å². The molecule has 3 aromatic carbocycles. The van der Waals surface area contributed by atoms with Crippen LogP contribution in [0.4, 0.5) is 4.39 Å². The van der Waals surface area contributed by atoms with E-state index in [9.17, 15) is 4.39 Å². The Bertz CT molecular complexity index is 987. The lowest BCUT2D eigenvalue weighted by atomic mass is 10.0. The molecule has 118 valence electrons. The SMILES string of the molecule is NC(c1ccc(F)cc1)c1nc(-c2cccc3ccccc23)cs1. The molecule has 1 heterocycles. The molecule has 0 aliphatic rings. The van der Waals surface area contributed by atoms with Crippen LogP contribution in [-0.2, 0) is 0 Å². The number of hydrogen-bond acceptors (Lipinski definition) is 3. The number of hydrogen-bond donors (Lipinski definition) is 1. The molecule has 4 heteroatoms. The normalized spacial score (nSPS) is 12.4. The van der Waals surface area contributed by atoms with Crippen LogP contribution in [0.1, 0.15) is 16.6 Å². The van der Waals surface area contributed by atoms with Crippen molar-refractivity contribution in [3.63, 3.8) is 0 Å². The number of nitrogens with zero attached hydrogens (tertiary/aromatic N) is 1. The molecule has 0 aliphatic carbocycles. The highest BCUT2D eigenvalue weighted by Crippen LogP contribution is 2.32. The molecule has 2 N–H and O–H groups in total. The minimum atomic E-state index is -0.348. The lowest BCUT2D eigenvalue weighted by Crippen LogP contribution is -2.11. The Labute approximate surface area is 143 Å². The Kier molecular flexibility index (Phi) is 3.84. The highest BCUT2D eigenvalue weighted by atomic mass is 32.1. The average molecular weight is 334 g/mol. The van der Waals surface area contributed by atoms with Crippen LogP contribution in [-0.4, -0.2) is 4.98 Å². The highest BCUT2D eigenvalue weighted by molar-refractivity contribution is 7.10. The summed E-state index contributed by atoms with van der Waals surface area (Å²) < 4.78 is 13.1. The van der Waals surface area contributed by atoms with E-state index in [1.54, 1.807) is 12.1 Å². The van der Waals surface area contributed by atoms with Crippen molar-refractivity contribution in [3.8, 4) is 11.3 Å². The van der Waals surface area contributed by atoms with Gasteiger partial charge in [0.05, 0.1) is 11.7 Å². The van der Waals surface area contributed by atoms with Crippen LogP contribution in [0.15, 0.2) is 72.1 Å². The molecule has 1 atom stereocenters. The van der Waals surface area contributed by atoms with Crippen LogP contribution in [0.3, 0.4) is 0 Å². The zero-order valence-corrected chi connectivity index (χ0v) is 13.6. The summed E-state index contributed by atoms with van der Waals surface area (Å²) in [6.07, 6.45) is 0. The molecule has 0 bridgehead atoms. The molecule has 1 unspecified atom stereocenters. The molecule has 0 fully saturated rings. The Morgan fingerprint density at radius 3 is 2.50 bits per heavy atom. The second kappa shape index (κ2) is 6.15. The third-order valence-electron chi connectivity index (χ3n) is 4.08. The topological polar surface area (TPSA) is 38.9 Å². The number of rotatable bonds is 3. The van der Waals surface area contributed by atoms with Gasteiger partial charge in [-0.2, -0.15) is 0 Å². The number of aromatic nitrogens is 1. The maximum Gasteiger partial charge on any atom is 0.123 e. The molecule has 2 nitrogen and oxygen atoms in total. The van der Waals surface area contributed by atoms with Gasteiger partial charge < -0.3 is 5.73 Å². The van der Waals surface area contributed by atoms with Crippen LogP contribution < -0.4 is 5.73 Å². The first kappa shape index (κ1) is 15.0. The number of fused-ring (bicyclic) bond motifs is 1. The van der Waals surface area contributed by atoms with Gasteiger partial charge in [0.2, 0.25) is 0 Å². The summed E-state index contributed by atoms with van der Waals surface area (Å²) in [6.45, 7) is 0. The smallest absolute Gasteiger partial charge is 0.123 e. The number of benzene rings is 3. The third kappa shape index (κ3) is 2.70. The van der Waals surface area contributed by atoms with Gasteiger partial charge >= 0.3 is 0 Å². The minimum absolute atomic E-state index is 0.262. The standard InChI is InChI=1S/C20H15FN2S/c21-15-10-8-14(9-11-15)19(22)20-23-18(12-24-20)17-7-3-5-13-4-1-2-6-16(13)17/h1-12,19H,22H2. The fraction of sp³-hybridized carbons (Fsp3) is 0.0500. The molecule has 0 aliphatic heterocycles. The predicted molar refractivity (Wildman–Crippen MR) is 97.5 cm³/mol. The lowest BCUT2D eigenvalue weighted by Gasteiger charge is -2.08. The highest BCUT2D eigenvalue weighted by Gasteiger charge is 2.15. The van der Waals surface area contributed by atoms with Crippen molar-refractivity contribution in [1.82, 2.24) is 4.98 Å². The molecule has 0 amide bonds. The van der Waals surface area contributed by atoms with Crippen molar-refractivity contribution in [2.24, 2.45) is 5.73 Å². The van der Waals surface area contributed by atoms with Gasteiger partial charge in [-0.05, 0) is 28.5 Å². The van der Waals surface area contributed by atoms with Gasteiger partial charge in [-0.3, -0.25) is 0 Å². The summed E-state index contributed by atoms with van der Waals surface area (Å²) in [5, 5.41) is 5.21. The van der Waals surface area contributed by atoms with Gasteiger partial charge in [-0.15, -0.1) is 11.3 Å². The quantitative estimate of drug-likeness (QED) is 0.563. The van der Waals surface area contributed by atoms with Crippen LogP contribution in [0.2, 0.25) is 0 Å². The van der Waals surface area contributed by atoms with Gasteiger partial charge in [0.1, 0.15) is 10.8 Å². The first-order valence-electron chi connectivity index (χ1n) is 7.67. The van der Waals surface area contributed by atoms with Crippen molar-refractivity contribution in [2.45, 2.75) is 6.04 Å². The van der Waals surface area contributed by atoms with Crippen molar-refractivity contribution >= 4 is 22.1 Å². The molecule has 4 aromatic rings. The van der Waals surface area contributed by atoms with Crippen LogP contribution >= 0.6 is 11.3 Å². The maximum atomic E-state index is 13.1. The fourth-order valence-corrected chi connectivity index (χ4v) is 3.66. The van der Waals surface area contributed by atoms with Gasteiger partial charge in [0, 0.05) is 10.9 Å². The molecular weight excluding hydrogens is 319 g/mol. The molecule has 1 aromatic heterocycles. The Balaban J connectivity index is 1.73. The van der Waals surface area contributed by atoms with E-state index in [1.165, 1.54) is 34.2 Å². The molecule has 0 saturated carbocycles. The average Bonchev–Trinajstić information content (AvgIpc) is 3.11. The fourth-order valence-electron chi connectivity index (χ4n) is 2.82. The van der Waals surface area contributed by atoms with Crippen molar-refractivity contribution in [1.29, 1.82) is 0 Å². The summed E-state index contributed by atoms with van der Waals surface area (Å²) in [5.74, 6) is -0.262. The lowest BCUT2D eigenvalue weighted by molar-refractivity contribution is 0.626. The van der Waals surface area contributed by atoms with E-state index in [-0.39, 0.29) is 11.9 Å². The number of thiazole rings is 1. The zero-order chi connectivity index (χ0) is 16.5. The van der Waals surface area contributed by atoms with E-state index in [4.69, 9.17) is 10.7 Å². The predicted octanol–water partition coefficient (Wildman–Crippen LogP) is 5.15. The second-order valence-electron chi connectivity index (χ2n) is 5.63. The van der Waals surface area contributed by atoms with Crippen LogP contribution in [0.5, 0.6) is 0 Å². The summed E-state index contributed by atoms with van der Waals surface area (Å²) in [4.78, 5) is 4.73. The Hall–Kier alpha value is -2.56. The Morgan fingerprint density at radius 2 is 1.67 bits per heavy atom. The largest absolute Gasteiger partial charge is 0.318 e. The van der Waals surface area contributed by atoms with E-state index in [0.29, 0.717) is 0 Å². The van der Waals surface area contributed by atoms with E-state index in [2.05, 4.69) is 24.3 Å². The van der Waals surface area contributed by atoms with E-state index in [1.807, 2.05) is 23.6 Å². The van der Waals surface area contributed by atoms with Gasteiger partial charge in [-0.25, -0.2) is 9.37 Å². The molecule has 0 radical (unpaired) electrons. The number of nitrogens with two attached hydrogens (primary N) is 1. The monoisotopic (exact) mass is 334 g/mol.